The molecule has 0 spiro atoms. The minimum Gasteiger partial charge on any atom is -0.490 e. The van der Waals surface area contributed by atoms with Crippen molar-refractivity contribution >= 4 is 29.9 Å². The van der Waals surface area contributed by atoms with E-state index in [0.717, 1.165) is 17.3 Å². The van der Waals surface area contributed by atoms with E-state index in [1.54, 1.807) is 7.05 Å². The number of hydrogen-bond donors (Lipinski definition) is 2. The molecule has 7 heteroatoms. The lowest BCUT2D eigenvalue weighted by Crippen LogP contribution is -2.38. The molecule has 0 saturated heterocycles. The second-order valence-corrected chi connectivity index (χ2v) is 5.86. The van der Waals surface area contributed by atoms with Crippen molar-refractivity contribution in [2.75, 3.05) is 20.3 Å². The van der Waals surface area contributed by atoms with E-state index in [1.807, 2.05) is 48.7 Å². The summed E-state index contributed by atoms with van der Waals surface area (Å²) in [7, 11) is 1.78. The molecule has 1 aliphatic carbocycles. The Morgan fingerprint density at radius 1 is 1.12 bits per heavy atom. The third-order valence-corrected chi connectivity index (χ3v) is 3.74. The van der Waals surface area contributed by atoms with E-state index in [2.05, 4.69) is 20.6 Å². The van der Waals surface area contributed by atoms with Crippen LogP contribution < -0.4 is 20.1 Å². The number of hydrogen-bond acceptors (Lipinski definition) is 4. The maximum atomic E-state index is 5.60. The van der Waals surface area contributed by atoms with E-state index < -0.39 is 0 Å². The summed E-state index contributed by atoms with van der Waals surface area (Å²) >= 11 is 0. The summed E-state index contributed by atoms with van der Waals surface area (Å²) in [5, 5.41) is 6.64. The van der Waals surface area contributed by atoms with Gasteiger partial charge in [-0.2, -0.15) is 0 Å². The summed E-state index contributed by atoms with van der Waals surface area (Å²) in [5.74, 6) is 2.27. The first-order valence-electron chi connectivity index (χ1n) is 8.56. The van der Waals surface area contributed by atoms with Gasteiger partial charge in [-0.25, -0.2) is 4.98 Å². The van der Waals surface area contributed by atoms with E-state index in [-0.39, 0.29) is 24.0 Å². The molecule has 0 amide bonds. The smallest absolute Gasteiger partial charge is 0.213 e. The lowest BCUT2D eigenvalue weighted by molar-refractivity contribution is 0.212. The molecule has 140 valence electrons. The predicted molar refractivity (Wildman–Crippen MR) is 113 cm³/mol. The normalized spacial score (nSPS) is 13.5. The van der Waals surface area contributed by atoms with Crippen molar-refractivity contribution in [3.05, 3.63) is 54.2 Å². The van der Waals surface area contributed by atoms with Gasteiger partial charge in [0.2, 0.25) is 5.88 Å². The Labute approximate surface area is 171 Å². The maximum absolute atomic E-state index is 5.60. The van der Waals surface area contributed by atoms with Crippen LogP contribution in [0.25, 0.3) is 0 Å². The molecule has 2 aromatic rings. The molecule has 0 unspecified atom stereocenters. The van der Waals surface area contributed by atoms with Crippen LogP contribution in [0.2, 0.25) is 0 Å². The standard InChI is InChI=1S/C19H24N4O2.HI/c1-20-19(23-16-8-9-16)22-14-15-7-10-18(21-13-15)25-12-11-24-17-5-3-2-4-6-17;/h2-7,10,13,16H,8-9,11-12,14H2,1H3,(H2,20,22,23);1H. The van der Waals surface area contributed by atoms with Crippen molar-refractivity contribution in [1.82, 2.24) is 15.6 Å². The highest BCUT2D eigenvalue weighted by atomic mass is 127. The average molecular weight is 468 g/mol. The summed E-state index contributed by atoms with van der Waals surface area (Å²) in [6.45, 7) is 1.62. The molecule has 0 aliphatic heterocycles. The molecule has 1 fully saturated rings. The van der Waals surface area contributed by atoms with Gasteiger partial charge < -0.3 is 20.1 Å². The third kappa shape index (κ3) is 7.07. The van der Waals surface area contributed by atoms with Gasteiger partial charge in [-0.05, 0) is 30.5 Å². The molecule has 1 saturated carbocycles. The van der Waals surface area contributed by atoms with Crippen LogP contribution in [0.5, 0.6) is 11.6 Å². The van der Waals surface area contributed by atoms with Gasteiger partial charge in [-0.3, -0.25) is 4.99 Å². The first-order valence-corrected chi connectivity index (χ1v) is 8.56. The van der Waals surface area contributed by atoms with Crippen LogP contribution in [0.15, 0.2) is 53.7 Å². The van der Waals surface area contributed by atoms with Crippen molar-refractivity contribution in [3.8, 4) is 11.6 Å². The summed E-state index contributed by atoms with van der Waals surface area (Å²) in [5.41, 5.74) is 1.08. The van der Waals surface area contributed by atoms with Crippen LogP contribution >= 0.6 is 24.0 Å². The maximum Gasteiger partial charge on any atom is 0.213 e. The van der Waals surface area contributed by atoms with E-state index in [1.165, 1.54) is 12.8 Å². The summed E-state index contributed by atoms with van der Waals surface area (Å²) in [6, 6.07) is 14.1. The second kappa shape index (κ2) is 10.8. The van der Waals surface area contributed by atoms with Crippen molar-refractivity contribution in [2.45, 2.75) is 25.4 Å². The largest absolute Gasteiger partial charge is 0.490 e. The highest BCUT2D eigenvalue weighted by molar-refractivity contribution is 14.0. The highest BCUT2D eigenvalue weighted by Gasteiger charge is 2.21. The van der Waals surface area contributed by atoms with Crippen LogP contribution in [0.3, 0.4) is 0 Å². The third-order valence-electron chi connectivity index (χ3n) is 3.74. The van der Waals surface area contributed by atoms with Gasteiger partial charge in [0.15, 0.2) is 5.96 Å². The van der Waals surface area contributed by atoms with Crippen LogP contribution in [0.1, 0.15) is 18.4 Å². The lowest BCUT2D eigenvalue weighted by Gasteiger charge is -2.11. The number of nitrogens with one attached hydrogen (secondary N) is 2. The fourth-order valence-electron chi connectivity index (χ4n) is 2.22. The van der Waals surface area contributed by atoms with Gasteiger partial charge in [0.25, 0.3) is 0 Å². The number of aromatic nitrogens is 1. The van der Waals surface area contributed by atoms with Gasteiger partial charge in [-0.1, -0.05) is 24.3 Å². The first-order chi connectivity index (χ1) is 12.3. The topological polar surface area (TPSA) is 67.8 Å². The van der Waals surface area contributed by atoms with E-state index >= 15 is 0 Å². The molecule has 2 N–H and O–H groups in total. The van der Waals surface area contributed by atoms with Crippen LogP contribution in [0.4, 0.5) is 0 Å². The van der Waals surface area contributed by atoms with Gasteiger partial charge in [0, 0.05) is 31.9 Å². The fraction of sp³-hybridized carbons (Fsp3) is 0.368. The van der Waals surface area contributed by atoms with Crippen molar-refractivity contribution in [1.29, 1.82) is 0 Å². The second-order valence-electron chi connectivity index (χ2n) is 5.86. The summed E-state index contributed by atoms with van der Waals surface area (Å²) in [6.07, 6.45) is 4.26. The Kier molecular flexibility index (Phi) is 8.46. The zero-order valence-corrected chi connectivity index (χ0v) is 17.2. The number of aliphatic imine (C=N–C) groups is 1. The fourth-order valence-corrected chi connectivity index (χ4v) is 2.22. The molecule has 1 aromatic carbocycles. The molecule has 26 heavy (non-hydrogen) atoms. The summed E-state index contributed by atoms with van der Waals surface area (Å²) in [4.78, 5) is 8.53. The Hall–Kier alpha value is -2.03. The Balaban J connectivity index is 0.00000243. The number of guanidine groups is 1. The lowest BCUT2D eigenvalue weighted by atomic mass is 10.3. The minimum atomic E-state index is 0. The SMILES string of the molecule is CN=C(NCc1ccc(OCCOc2ccccc2)nc1)NC1CC1.I. The molecule has 1 aliphatic rings. The number of pyridine rings is 1. The Morgan fingerprint density at radius 2 is 1.88 bits per heavy atom. The molecule has 6 nitrogen and oxygen atoms in total. The zero-order valence-electron chi connectivity index (χ0n) is 14.9. The molecule has 0 bridgehead atoms. The quantitative estimate of drug-likeness (QED) is 0.270. The molecule has 0 radical (unpaired) electrons. The molecule has 1 heterocycles. The number of nitrogens with zero attached hydrogens (tertiary/aromatic N) is 2. The number of para-hydroxylation sites is 1. The van der Waals surface area contributed by atoms with E-state index in [0.29, 0.717) is 31.7 Å². The van der Waals surface area contributed by atoms with E-state index in [9.17, 15) is 0 Å². The predicted octanol–water partition coefficient (Wildman–Crippen LogP) is 2.98. The number of benzene rings is 1. The number of rotatable bonds is 8. The molecule has 0 atom stereocenters. The van der Waals surface area contributed by atoms with Crippen molar-refractivity contribution < 1.29 is 9.47 Å². The van der Waals surface area contributed by atoms with Gasteiger partial charge in [-0.15, -0.1) is 24.0 Å². The van der Waals surface area contributed by atoms with Crippen LogP contribution in [-0.4, -0.2) is 37.2 Å². The van der Waals surface area contributed by atoms with E-state index in [4.69, 9.17) is 9.47 Å². The van der Waals surface area contributed by atoms with Crippen molar-refractivity contribution in [2.24, 2.45) is 4.99 Å². The Morgan fingerprint density at radius 3 is 2.54 bits per heavy atom. The van der Waals surface area contributed by atoms with Gasteiger partial charge in [0.1, 0.15) is 19.0 Å². The minimum absolute atomic E-state index is 0. The molecular weight excluding hydrogens is 443 g/mol. The zero-order chi connectivity index (χ0) is 17.3. The number of halogens is 1. The molecular formula is C19H25IN4O2. The van der Waals surface area contributed by atoms with Crippen LogP contribution in [-0.2, 0) is 6.54 Å². The monoisotopic (exact) mass is 468 g/mol. The summed E-state index contributed by atoms with van der Waals surface area (Å²) < 4.78 is 11.2. The molecule has 3 rings (SSSR count). The first kappa shape index (κ1) is 20.3. The van der Waals surface area contributed by atoms with Gasteiger partial charge in [0.05, 0.1) is 0 Å². The highest BCUT2D eigenvalue weighted by Crippen LogP contribution is 2.18. The molecule has 1 aromatic heterocycles. The van der Waals surface area contributed by atoms with Gasteiger partial charge >= 0.3 is 0 Å². The number of ether oxygens (including phenoxy) is 2. The average Bonchev–Trinajstić information content (AvgIpc) is 3.48. The van der Waals surface area contributed by atoms with Crippen LogP contribution in [0, 0.1) is 0 Å². The van der Waals surface area contributed by atoms with Crippen molar-refractivity contribution in [3.63, 3.8) is 0 Å². The Bertz CT molecular complexity index is 676.